The first-order valence-corrected chi connectivity index (χ1v) is 10.4. The van der Waals surface area contributed by atoms with Gasteiger partial charge in [-0.05, 0) is 73.2 Å². The first kappa shape index (κ1) is 20.0. The van der Waals surface area contributed by atoms with Crippen LogP contribution in [0.1, 0.15) is 33.2 Å². The van der Waals surface area contributed by atoms with E-state index in [1.54, 1.807) is 13.0 Å². The highest BCUT2D eigenvalue weighted by atomic mass is 32.1. The number of carbonyl (C=O) groups is 2. The third-order valence-electron chi connectivity index (χ3n) is 5.52. The zero-order chi connectivity index (χ0) is 21.6. The maximum Gasteiger partial charge on any atom is 0.300 e. The number of rotatable bonds is 3. The van der Waals surface area contributed by atoms with Gasteiger partial charge in [-0.1, -0.05) is 18.2 Å². The molecule has 2 aromatic carbocycles. The summed E-state index contributed by atoms with van der Waals surface area (Å²) in [5.41, 5.74) is 3.16. The predicted octanol–water partition coefficient (Wildman–Crippen LogP) is 5.44. The van der Waals surface area contributed by atoms with Crippen LogP contribution in [-0.4, -0.2) is 16.8 Å². The van der Waals surface area contributed by atoms with Gasteiger partial charge >= 0.3 is 0 Å². The van der Waals surface area contributed by atoms with Gasteiger partial charge in [0, 0.05) is 16.1 Å². The van der Waals surface area contributed by atoms with E-state index in [9.17, 15) is 19.1 Å². The molecule has 30 heavy (non-hydrogen) atoms. The molecule has 3 aromatic rings. The molecule has 0 radical (unpaired) electrons. The number of benzene rings is 2. The molecule has 1 aliphatic heterocycles. The summed E-state index contributed by atoms with van der Waals surface area (Å²) in [5.74, 6) is -2.16. The number of amides is 1. The maximum atomic E-state index is 13.7. The number of ketones is 1. The second-order valence-corrected chi connectivity index (χ2v) is 8.35. The van der Waals surface area contributed by atoms with Gasteiger partial charge < -0.3 is 5.11 Å². The van der Waals surface area contributed by atoms with Gasteiger partial charge in [0.15, 0.2) is 0 Å². The van der Waals surface area contributed by atoms with Crippen molar-refractivity contribution in [3.8, 4) is 0 Å². The van der Waals surface area contributed by atoms with E-state index in [2.05, 4.69) is 0 Å². The number of hydrogen-bond acceptors (Lipinski definition) is 4. The van der Waals surface area contributed by atoms with E-state index in [-0.39, 0.29) is 11.3 Å². The van der Waals surface area contributed by atoms with E-state index >= 15 is 0 Å². The molecule has 4 rings (SSSR count). The summed E-state index contributed by atoms with van der Waals surface area (Å²) >= 11 is 1.40. The molecule has 1 aliphatic rings. The standard InChI is InChI=1S/C24H20FNO3S/c1-13-6-4-7-18(15(13)3)26-21(19-8-5-11-30-19)20(23(28)24(26)29)22(27)16-9-10-17(25)14(2)12-16/h4-12,21,27H,1-3H3/b22-20-. The van der Waals surface area contributed by atoms with Crippen LogP contribution in [-0.2, 0) is 9.59 Å². The lowest BCUT2D eigenvalue weighted by Gasteiger charge is -2.26. The van der Waals surface area contributed by atoms with Gasteiger partial charge in [0.1, 0.15) is 17.6 Å². The molecule has 1 unspecified atom stereocenters. The van der Waals surface area contributed by atoms with Gasteiger partial charge in [0.2, 0.25) is 0 Å². The van der Waals surface area contributed by atoms with Crippen molar-refractivity contribution in [2.24, 2.45) is 0 Å². The predicted molar refractivity (Wildman–Crippen MR) is 116 cm³/mol. The van der Waals surface area contributed by atoms with Crippen molar-refractivity contribution in [3.63, 3.8) is 0 Å². The van der Waals surface area contributed by atoms with Gasteiger partial charge in [-0.15, -0.1) is 11.3 Å². The summed E-state index contributed by atoms with van der Waals surface area (Å²) in [5, 5.41) is 12.9. The normalized spacial score (nSPS) is 18.3. The number of aryl methyl sites for hydroxylation is 2. The molecular formula is C24H20FNO3S. The number of thiophene rings is 1. The van der Waals surface area contributed by atoms with E-state index in [0.29, 0.717) is 16.8 Å². The van der Waals surface area contributed by atoms with E-state index in [0.717, 1.165) is 16.0 Å². The molecule has 1 fully saturated rings. The first-order chi connectivity index (χ1) is 14.3. The Morgan fingerprint density at radius 3 is 2.47 bits per heavy atom. The highest BCUT2D eigenvalue weighted by Crippen LogP contribution is 2.44. The van der Waals surface area contributed by atoms with Crippen molar-refractivity contribution < 1.29 is 19.1 Å². The number of hydrogen-bond donors (Lipinski definition) is 1. The fourth-order valence-electron chi connectivity index (χ4n) is 3.74. The molecule has 1 amide bonds. The summed E-state index contributed by atoms with van der Waals surface area (Å²) in [4.78, 5) is 28.4. The quantitative estimate of drug-likeness (QED) is 0.348. The van der Waals surface area contributed by atoms with Crippen LogP contribution >= 0.6 is 11.3 Å². The minimum absolute atomic E-state index is 0.00867. The van der Waals surface area contributed by atoms with Gasteiger partial charge in [0.25, 0.3) is 11.7 Å². The van der Waals surface area contributed by atoms with Crippen LogP contribution in [0.25, 0.3) is 5.76 Å². The van der Waals surface area contributed by atoms with Crippen LogP contribution < -0.4 is 4.90 Å². The Kier molecular flexibility index (Phi) is 5.03. The average molecular weight is 421 g/mol. The first-order valence-electron chi connectivity index (χ1n) is 9.48. The lowest BCUT2D eigenvalue weighted by atomic mass is 9.98. The summed E-state index contributed by atoms with van der Waals surface area (Å²) in [6, 6.07) is 12.6. The molecule has 4 nitrogen and oxygen atoms in total. The molecule has 0 spiro atoms. The molecule has 1 N–H and O–H groups in total. The Balaban J connectivity index is 1.96. The van der Waals surface area contributed by atoms with Crippen molar-refractivity contribution in [1.82, 2.24) is 0 Å². The Labute approximate surface area is 177 Å². The monoisotopic (exact) mass is 421 g/mol. The van der Waals surface area contributed by atoms with Crippen molar-refractivity contribution in [2.45, 2.75) is 26.8 Å². The minimum Gasteiger partial charge on any atom is -0.507 e. The van der Waals surface area contributed by atoms with Gasteiger partial charge in [-0.2, -0.15) is 0 Å². The van der Waals surface area contributed by atoms with Gasteiger partial charge in [0.05, 0.1) is 5.57 Å². The molecule has 152 valence electrons. The van der Waals surface area contributed by atoms with Crippen LogP contribution in [0.15, 0.2) is 59.5 Å². The SMILES string of the molecule is Cc1cc(/C(O)=C2/C(=O)C(=O)N(c3cccc(C)c3C)C2c2cccs2)ccc1F. The van der Waals surface area contributed by atoms with E-state index in [4.69, 9.17) is 0 Å². The molecule has 1 saturated heterocycles. The minimum atomic E-state index is -0.756. The zero-order valence-electron chi connectivity index (χ0n) is 16.8. The van der Waals surface area contributed by atoms with Gasteiger partial charge in [-0.25, -0.2) is 4.39 Å². The summed E-state index contributed by atoms with van der Waals surface area (Å²) in [6.45, 7) is 5.42. The number of aliphatic hydroxyl groups is 1. The number of carbonyl (C=O) groups excluding carboxylic acids is 2. The molecule has 2 heterocycles. The zero-order valence-corrected chi connectivity index (χ0v) is 17.6. The summed E-state index contributed by atoms with van der Waals surface area (Å²) < 4.78 is 13.7. The molecule has 0 saturated carbocycles. The molecule has 0 bridgehead atoms. The van der Waals surface area contributed by atoms with Crippen molar-refractivity contribution >= 4 is 34.5 Å². The maximum absolute atomic E-state index is 13.7. The molecular weight excluding hydrogens is 401 g/mol. The van der Waals surface area contributed by atoms with E-state index in [1.165, 1.54) is 34.4 Å². The largest absolute Gasteiger partial charge is 0.507 e. The smallest absolute Gasteiger partial charge is 0.300 e. The molecule has 1 aromatic heterocycles. The van der Waals surface area contributed by atoms with Crippen LogP contribution in [0.2, 0.25) is 0 Å². The molecule has 0 aliphatic carbocycles. The second-order valence-electron chi connectivity index (χ2n) is 7.37. The third-order valence-corrected chi connectivity index (χ3v) is 6.45. The lowest BCUT2D eigenvalue weighted by Crippen LogP contribution is -2.29. The van der Waals surface area contributed by atoms with Gasteiger partial charge in [-0.3, -0.25) is 14.5 Å². The van der Waals surface area contributed by atoms with Crippen LogP contribution in [0.5, 0.6) is 0 Å². The highest BCUT2D eigenvalue weighted by molar-refractivity contribution is 7.10. The van der Waals surface area contributed by atoms with Crippen LogP contribution in [0.3, 0.4) is 0 Å². The Hall–Kier alpha value is -3.25. The molecule has 1 atom stereocenters. The average Bonchev–Trinajstić information content (AvgIpc) is 3.33. The van der Waals surface area contributed by atoms with Crippen molar-refractivity contribution in [1.29, 1.82) is 0 Å². The fourth-order valence-corrected chi connectivity index (χ4v) is 4.56. The number of halogens is 1. The lowest BCUT2D eigenvalue weighted by molar-refractivity contribution is -0.132. The third kappa shape index (κ3) is 3.13. The van der Waals surface area contributed by atoms with E-state index in [1.807, 2.05) is 43.5 Å². The van der Waals surface area contributed by atoms with Crippen LogP contribution in [0, 0.1) is 26.6 Å². The second kappa shape index (κ2) is 7.54. The Morgan fingerprint density at radius 1 is 1.03 bits per heavy atom. The van der Waals surface area contributed by atoms with Crippen LogP contribution in [0.4, 0.5) is 10.1 Å². The number of nitrogens with zero attached hydrogens (tertiary/aromatic N) is 1. The summed E-state index contributed by atoms with van der Waals surface area (Å²) in [6.07, 6.45) is 0. The number of anilines is 1. The highest BCUT2D eigenvalue weighted by Gasteiger charge is 2.47. The topological polar surface area (TPSA) is 57.6 Å². The molecule has 6 heteroatoms. The van der Waals surface area contributed by atoms with Crippen molar-refractivity contribution in [2.75, 3.05) is 4.90 Å². The Morgan fingerprint density at radius 2 is 1.80 bits per heavy atom. The fraction of sp³-hybridized carbons (Fsp3) is 0.167. The number of aliphatic hydroxyl groups excluding tert-OH is 1. The van der Waals surface area contributed by atoms with E-state index < -0.39 is 23.5 Å². The van der Waals surface area contributed by atoms with Crippen molar-refractivity contribution in [3.05, 3.63) is 92.4 Å². The number of Topliss-reactive ketones (excluding diaryl/α,β-unsaturated/α-hetero) is 1. The summed E-state index contributed by atoms with van der Waals surface area (Å²) in [7, 11) is 0. The Bertz CT molecular complexity index is 1200.